The summed E-state index contributed by atoms with van der Waals surface area (Å²) >= 11 is 0. The largest absolute Gasteiger partial charge is 0.370 e. The first-order chi connectivity index (χ1) is 10.2. The molecule has 0 aliphatic heterocycles. The highest BCUT2D eigenvalue weighted by Crippen LogP contribution is 2.11. The number of rotatable bonds is 10. The summed E-state index contributed by atoms with van der Waals surface area (Å²) in [6, 6.07) is 3.67. The number of pyridine rings is 1. The van der Waals surface area contributed by atoms with Crippen LogP contribution in [0.5, 0.6) is 0 Å². The van der Waals surface area contributed by atoms with Gasteiger partial charge in [0.15, 0.2) is 0 Å². The maximum Gasteiger partial charge on any atom is 0.254 e. The number of nitrogens with zero attached hydrogens (tertiary/aromatic N) is 2. The van der Waals surface area contributed by atoms with Crippen LogP contribution in [0.4, 0.5) is 5.82 Å². The quantitative estimate of drug-likeness (QED) is 0.710. The van der Waals surface area contributed by atoms with Crippen LogP contribution in [-0.2, 0) is 0 Å². The topological polar surface area (TPSA) is 45.2 Å². The van der Waals surface area contributed by atoms with E-state index < -0.39 is 0 Å². The second-order valence-corrected chi connectivity index (χ2v) is 5.36. The Morgan fingerprint density at radius 3 is 2.38 bits per heavy atom. The van der Waals surface area contributed by atoms with Gasteiger partial charge in [-0.05, 0) is 31.4 Å². The molecule has 1 heterocycles. The van der Waals surface area contributed by atoms with Gasteiger partial charge in [0.1, 0.15) is 5.82 Å². The molecule has 118 valence electrons. The first-order valence-corrected chi connectivity index (χ1v) is 8.22. The van der Waals surface area contributed by atoms with Gasteiger partial charge in [0.2, 0.25) is 0 Å². The van der Waals surface area contributed by atoms with E-state index in [0.29, 0.717) is 0 Å². The minimum atomic E-state index is 0.124. The molecule has 1 rings (SSSR count). The van der Waals surface area contributed by atoms with Crippen molar-refractivity contribution in [2.24, 2.45) is 0 Å². The van der Waals surface area contributed by atoms with Crippen LogP contribution in [0, 0.1) is 0 Å². The number of carbonyl (C=O) groups excluding carboxylic acids is 1. The number of unbranched alkanes of at least 4 members (excludes halogenated alkanes) is 2. The van der Waals surface area contributed by atoms with Gasteiger partial charge < -0.3 is 10.2 Å². The number of amides is 1. The zero-order valence-electron chi connectivity index (χ0n) is 13.7. The fourth-order valence-corrected chi connectivity index (χ4v) is 2.11. The van der Waals surface area contributed by atoms with Gasteiger partial charge in [0, 0.05) is 31.4 Å². The normalized spacial score (nSPS) is 10.4. The molecule has 1 N–H and O–H groups in total. The first kappa shape index (κ1) is 17.5. The van der Waals surface area contributed by atoms with Crippen molar-refractivity contribution < 1.29 is 4.79 Å². The highest BCUT2D eigenvalue weighted by atomic mass is 16.2. The zero-order valence-corrected chi connectivity index (χ0v) is 13.7. The standard InChI is InChI=1S/C17H29N3O/c1-4-7-12-20(13-8-5-2)17(21)15-9-11-19-16(14-15)18-10-6-3/h9,11,14H,4-8,10,12-13H2,1-3H3,(H,18,19). The Kier molecular flexibility index (Phi) is 8.48. The summed E-state index contributed by atoms with van der Waals surface area (Å²) in [5, 5.41) is 3.23. The van der Waals surface area contributed by atoms with Crippen molar-refractivity contribution in [1.29, 1.82) is 0 Å². The molecule has 4 heteroatoms. The average molecular weight is 291 g/mol. The van der Waals surface area contributed by atoms with E-state index in [0.717, 1.165) is 63.1 Å². The van der Waals surface area contributed by atoms with E-state index in [2.05, 4.69) is 31.1 Å². The van der Waals surface area contributed by atoms with E-state index in [1.165, 1.54) is 0 Å². The molecule has 0 bridgehead atoms. The fourth-order valence-electron chi connectivity index (χ4n) is 2.11. The molecule has 0 spiro atoms. The molecule has 21 heavy (non-hydrogen) atoms. The minimum Gasteiger partial charge on any atom is -0.370 e. The van der Waals surface area contributed by atoms with E-state index in [4.69, 9.17) is 0 Å². The van der Waals surface area contributed by atoms with Gasteiger partial charge in [-0.3, -0.25) is 4.79 Å². The van der Waals surface area contributed by atoms with Gasteiger partial charge in [-0.2, -0.15) is 0 Å². The Labute approximate surface area is 129 Å². The van der Waals surface area contributed by atoms with Crippen LogP contribution in [0.3, 0.4) is 0 Å². The summed E-state index contributed by atoms with van der Waals surface area (Å²) in [5.41, 5.74) is 0.732. The SMILES string of the molecule is CCCCN(CCCC)C(=O)c1ccnc(NCCC)c1. The number of aromatic nitrogens is 1. The monoisotopic (exact) mass is 291 g/mol. The summed E-state index contributed by atoms with van der Waals surface area (Å²) in [6.45, 7) is 8.98. The Morgan fingerprint density at radius 1 is 1.14 bits per heavy atom. The lowest BCUT2D eigenvalue weighted by Gasteiger charge is -2.22. The molecular weight excluding hydrogens is 262 g/mol. The Bertz CT molecular complexity index is 412. The molecule has 4 nitrogen and oxygen atoms in total. The Morgan fingerprint density at radius 2 is 1.81 bits per heavy atom. The van der Waals surface area contributed by atoms with E-state index >= 15 is 0 Å². The van der Waals surface area contributed by atoms with E-state index in [1.54, 1.807) is 6.20 Å². The van der Waals surface area contributed by atoms with Crippen molar-refractivity contribution >= 4 is 11.7 Å². The summed E-state index contributed by atoms with van der Waals surface area (Å²) in [7, 11) is 0. The zero-order chi connectivity index (χ0) is 15.5. The Hall–Kier alpha value is -1.58. The highest BCUT2D eigenvalue weighted by Gasteiger charge is 2.15. The summed E-state index contributed by atoms with van der Waals surface area (Å²) in [5.74, 6) is 0.910. The molecular formula is C17H29N3O. The van der Waals surface area contributed by atoms with Crippen LogP contribution in [0.25, 0.3) is 0 Å². The van der Waals surface area contributed by atoms with Crippen LogP contribution < -0.4 is 5.32 Å². The molecule has 0 saturated carbocycles. The van der Waals surface area contributed by atoms with Crippen LogP contribution in [0.2, 0.25) is 0 Å². The van der Waals surface area contributed by atoms with E-state index in [-0.39, 0.29) is 5.91 Å². The predicted molar refractivity (Wildman–Crippen MR) is 88.7 cm³/mol. The van der Waals surface area contributed by atoms with Gasteiger partial charge in [-0.25, -0.2) is 4.98 Å². The lowest BCUT2D eigenvalue weighted by Crippen LogP contribution is -2.33. The highest BCUT2D eigenvalue weighted by molar-refractivity contribution is 5.94. The number of carbonyl (C=O) groups is 1. The van der Waals surface area contributed by atoms with Gasteiger partial charge in [0.25, 0.3) is 5.91 Å². The van der Waals surface area contributed by atoms with Gasteiger partial charge in [0.05, 0.1) is 0 Å². The molecule has 1 aromatic heterocycles. The molecule has 0 saturated heterocycles. The summed E-state index contributed by atoms with van der Waals surface area (Å²) in [4.78, 5) is 18.9. The van der Waals surface area contributed by atoms with Crippen molar-refractivity contribution in [3.63, 3.8) is 0 Å². The lowest BCUT2D eigenvalue weighted by molar-refractivity contribution is 0.0751. The summed E-state index contributed by atoms with van der Waals surface area (Å²) < 4.78 is 0. The van der Waals surface area contributed by atoms with E-state index in [9.17, 15) is 4.79 Å². The molecule has 0 aromatic carbocycles. The van der Waals surface area contributed by atoms with Crippen molar-refractivity contribution in [2.45, 2.75) is 52.9 Å². The number of hydrogen-bond donors (Lipinski definition) is 1. The molecule has 1 amide bonds. The van der Waals surface area contributed by atoms with Crippen LogP contribution in [0.15, 0.2) is 18.3 Å². The molecule has 0 aliphatic carbocycles. The molecule has 0 fully saturated rings. The average Bonchev–Trinajstić information content (AvgIpc) is 2.53. The van der Waals surface area contributed by atoms with Gasteiger partial charge in [-0.15, -0.1) is 0 Å². The second-order valence-electron chi connectivity index (χ2n) is 5.36. The van der Waals surface area contributed by atoms with Crippen LogP contribution in [0.1, 0.15) is 63.2 Å². The lowest BCUT2D eigenvalue weighted by atomic mass is 10.2. The molecule has 1 aromatic rings. The molecule has 0 atom stereocenters. The minimum absolute atomic E-state index is 0.124. The third-order valence-corrected chi connectivity index (χ3v) is 3.41. The third kappa shape index (κ3) is 6.15. The van der Waals surface area contributed by atoms with Gasteiger partial charge >= 0.3 is 0 Å². The smallest absolute Gasteiger partial charge is 0.254 e. The van der Waals surface area contributed by atoms with Crippen molar-refractivity contribution in [2.75, 3.05) is 25.0 Å². The van der Waals surface area contributed by atoms with Crippen molar-refractivity contribution in [3.05, 3.63) is 23.9 Å². The van der Waals surface area contributed by atoms with Crippen LogP contribution >= 0.6 is 0 Å². The number of anilines is 1. The number of hydrogen-bond acceptors (Lipinski definition) is 3. The second kappa shape index (κ2) is 10.2. The third-order valence-electron chi connectivity index (χ3n) is 3.41. The van der Waals surface area contributed by atoms with Gasteiger partial charge in [-0.1, -0.05) is 33.6 Å². The van der Waals surface area contributed by atoms with E-state index in [1.807, 2.05) is 17.0 Å². The number of nitrogens with one attached hydrogen (secondary N) is 1. The first-order valence-electron chi connectivity index (χ1n) is 8.22. The van der Waals surface area contributed by atoms with Crippen molar-refractivity contribution in [3.8, 4) is 0 Å². The molecule has 0 aliphatic rings. The maximum absolute atomic E-state index is 12.7. The molecule has 0 unspecified atom stereocenters. The molecule has 0 radical (unpaired) electrons. The fraction of sp³-hybridized carbons (Fsp3) is 0.647. The van der Waals surface area contributed by atoms with Crippen molar-refractivity contribution in [1.82, 2.24) is 9.88 Å². The Balaban J connectivity index is 2.76. The maximum atomic E-state index is 12.7. The van der Waals surface area contributed by atoms with Crippen LogP contribution in [-0.4, -0.2) is 35.4 Å². The predicted octanol–water partition coefficient (Wildman–Crippen LogP) is 3.95. The summed E-state index contributed by atoms with van der Waals surface area (Å²) in [6.07, 6.45) is 7.08.